The molecule has 1 aliphatic heterocycles. The van der Waals surface area contributed by atoms with Gasteiger partial charge in [-0.15, -0.1) is 0 Å². The Morgan fingerprint density at radius 3 is 2.45 bits per heavy atom. The van der Waals surface area contributed by atoms with Crippen LogP contribution in [0.3, 0.4) is 0 Å². The lowest BCUT2D eigenvalue weighted by Gasteiger charge is -2.27. The fraction of sp³-hybridized carbons (Fsp3) is 0.571. The van der Waals surface area contributed by atoms with E-state index in [9.17, 15) is 4.39 Å². The molecule has 1 aromatic rings. The van der Waals surface area contributed by atoms with Crippen LogP contribution in [0, 0.1) is 5.82 Å². The molecule has 3 atom stereocenters. The van der Waals surface area contributed by atoms with E-state index in [2.05, 4.69) is 4.90 Å². The van der Waals surface area contributed by atoms with E-state index < -0.39 is 0 Å². The first-order valence-corrected chi connectivity index (χ1v) is 6.93. The number of hydrogen-bond acceptors (Lipinski definition) is 4. The van der Waals surface area contributed by atoms with Crippen molar-refractivity contribution in [2.75, 3.05) is 33.9 Å². The molecule has 0 aromatic heterocycles. The standard InChI is InChI=1S/C14H20ClFN2O2/c1-19-13-7-18(8-14(13)20-2)12(6-17)10-5-9(15)3-4-11(10)16/h3-5,12-14H,6-8,17H2,1-2H3. The maximum atomic E-state index is 14.0. The molecule has 0 spiro atoms. The lowest BCUT2D eigenvalue weighted by atomic mass is 10.1. The lowest BCUT2D eigenvalue weighted by molar-refractivity contribution is -0.00461. The van der Waals surface area contributed by atoms with Crippen LogP contribution in [-0.2, 0) is 9.47 Å². The van der Waals surface area contributed by atoms with Gasteiger partial charge in [-0.2, -0.15) is 0 Å². The van der Waals surface area contributed by atoms with E-state index >= 15 is 0 Å². The van der Waals surface area contributed by atoms with Crippen LogP contribution >= 0.6 is 11.6 Å². The highest BCUT2D eigenvalue weighted by Gasteiger charge is 2.37. The molecule has 20 heavy (non-hydrogen) atoms. The summed E-state index contributed by atoms with van der Waals surface area (Å²) in [5.41, 5.74) is 6.36. The van der Waals surface area contributed by atoms with Crippen LogP contribution in [0.15, 0.2) is 18.2 Å². The van der Waals surface area contributed by atoms with Gasteiger partial charge in [-0.05, 0) is 18.2 Å². The largest absolute Gasteiger partial charge is 0.377 e. The van der Waals surface area contributed by atoms with E-state index in [1.54, 1.807) is 20.3 Å². The summed E-state index contributed by atoms with van der Waals surface area (Å²) in [6, 6.07) is 4.31. The predicted octanol–water partition coefficient (Wildman–Crippen LogP) is 1.82. The highest BCUT2D eigenvalue weighted by Crippen LogP contribution is 2.29. The zero-order valence-electron chi connectivity index (χ0n) is 11.7. The van der Waals surface area contributed by atoms with Crippen LogP contribution in [0.2, 0.25) is 5.02 Å². The molecule has 0 bridgehead atoms. The minimum atomic E-state index is -0.292. The van der Waals surface area contributed by atoms with Gasteiger partial charge in [-0.25, -0.2) is 4.39 Å². The zero-order chi connectivity index (χ0) is 14.7. The third-order valence-electron chi connectivity index (χ3n) is 3.83. The van der Waals surface area contributed by atoms with Gasteiger partial charge in [0, 0.05) is 44.4 Å². The summed E-state index contributed by atoms with van der Waals surface area (Å²) in [7, 11) is 3.30. The van der Waals surface area contributed by atoms with Gasteiger partial charge in [-0.3, -0.25) is 4.90 Å². The number of nitrogens with zero attached hydrogens (tertiary/aromatic N) is 1. The predicted molar refractivity (Wildman–Crippen MR) is 76.4 cm³/mol. The van der Waals surface area contributed by atoms with Crippen molar-refractivity contribution in [2.24, 2.45) is 5.73 Å². The van der Waals surface area contributed by atoms with Crippen molar-refractivity contribution in [3.8, 4) is 0 Å². The van der Waals surface area contributed by atoms with Crippen LogP contribution < -0.4 is 5.73 Å². The van der Waals surface area contributed by atoms with E-state index in [-0.39, 0.29) is 24.1 Å². The number of halogens is 2. The number of benzene rings is 1. The fourth-order valence-corrected chi connectivity index (χ4v) is 2.90. The van der Waals surface area contributed by atoms with Crippen LogP contribution in [0.4, 0.5) is 4.39 Å². The molecule has 1 aliphatic rings. The Hall–Kier alpha value is -0.720. The van der Waals surface area contributed by atoms with E-state index in [1.165, 1.54) is 12.1 Å². The number of ether oxygens (including phenoxy) is 2. The van der Waals surface area contributed by atoms with Gasteiger partial charge in [0.25, 0.3) is 0 Å². The summed E-state index contributed by atoms with van der Waals surface area (Å²) < 4.78 is 24.8. The van der Waals surface area contributed by atoms with Gasteiger partial charge in [0.05, 0.1) is 18.2 Å². The summed E-state index contributed by atoms with van der Waals surface area (Å²) in [4.78, 5) is 2.08. The van der Waals surface area contributed by atoms with Crippen molar-refractivity contribution < 1.29 is 13.9 Å². The molecule has 1 saturated heterocycles. The van der Waals surface area contributed by atoms with Gasteiger partial charge < -0.3 is 15.2 Å². The second kappa shape index (κ2) is 6.83. The Kier molecular flexibility index (Phi) is 5.35. The Morgan fingerprint density at radius 2 is 1.95 bits per heavy atom. The van der Waals surface area contributed by atoms with Crippen LogP contribution in [0.25, 0.3) is 0 Å². The third-order valence-corrected chi connectivity index (χ3v) is 4.07. The van der Waals surface area contributed by atoms with Crippen molar-refractivity contribution in [3.63, 3.8) is 0 Å². The molecule has 3 unspecified atom stereocenters. The van der Waals surface area contributed by atoms with E-state index in [0.717, 1.165) is 0 Å². The first-order valence-electron chi connectivity index (χ1n) is 6.55. The van der Waals surface area contributed by atoms with Crippen LogP contribution in [-0.4, -0.2) is 51.0 Å². The molecule has 4 nitrogen and oxygen atoms in total. The Morgan fingerprint density at radius 1 is 1.35 bits per heavy atom. The van der Waals surface area contributed by atoms with Crippen LogP contribution in [0.5, 0.6) is 0 Å². The summed E-state index contributed by atoms with van der Waals surface area (Å²) in [5, 5.41) is 0.505. The molecule has 1 aromatic carbocycles. The molecule has 6 heteroatoms. The molecule has 0 saturated carbocycles. The molecule has 0 aliphatic carbocycles. The Balaban J connectivity index is 2.23. The van der Waals surface area contributed by atoms with Crippen molar-refractivity contribution in [3.05, 3.63) is 34.6 Å². The van der Waals surface area contributed by atoms with E-state index in [0.29, 0.717) is 30.2 Å². The first kappa shape index (κ1) is 15.7. The maximum absolute atomic E-state index is 14.0. The number of rotatable bonds is 5. The second-order valence-corrected chi connectivity index (χ2v) is 5.36. The first-order chi connectivity index (χ1) is 9.60. The SMILES string of the molecule is COC1CN(C(CN)c2cc(Cl)ccc2F)CC1OC. The molecule has 2 rings (SSSR count). The van der Waals surface area contributed by atoms with Crippen molar-refractivity contribution in [1.29, 1.82) is 0 Å². The molecule has 2 N–H and O–H groups in total. The number of likely N-dealkylation sites (tertiary alicyclic amines) is 1. The zero-order valence-corrected chi connectivity index (χ0v) is 12.4. The normalized spacial score (nSPS) is 25.1. The second-order valence-electron chi connectivity index (χ2n) is 4.92. The Bertz CT molecular complexity index is 449. The Labute approximate surface area is 123 Å². The number of hydrogen-bond donors (Lipinski definition) is 1. The third kappa shape index (κ3) is 3.13. The number of methoxy groups -OCH3 is 2. The van der Waals surface area contributed by atoms with Crippen molar-refractivity contribution in [1.82, 2.24) is 4.90 Å². The molecule has 1 fully saturated rings. The topological polar surface area (TPSA) is 47.7 Å². The molecule has 112 valence electrons. The highest BCUT2D eigenvalue weighted by atomic mass is 35.5. The summed E-state index contributed by atoms with van der Waals surface area (Å²) >= 11 is 5.96. The number of nitrogens with two attached hydrogens (primary N) is 1. The molecule has 1 heterocycles. The van der Waals surface area contributed by atoms with Gasteiger partial charge >= 0.3 is 0 Å². The molecular formula is C14H20ClFN2O2. The van der Waals surface area contributed by atoms with Crippen molar-refractivity contribution >= 4 is 11.6 Å². The minimum absolute atomic E-state index is 0.0312. The van der Waals surface area contributed by atoms with Crippen molar-refractivity contribution in [2.45, 2.75) is 18.2 Å². The average Bonchev–Trinajstić information content (AvgIpc) is 2.86. The monoisotopic (exact) mass is 302 g/mol. The van der Waals surface area contributed by atoms with Crippen LogP contribution in [0.1, 0.15) is 11.6 Å². The maximum Gasteiger partial charge on any atom is 0.128 e. The lowest BCUT2D eigenvalue weighted by Crippen LogP contribution is -2.33. The van der Waals surface area contributed by atoms with Gasteiger partial charge in [-0.1, -0.05) is 11.6 Å². The quantitative estimate of drug-likeness (QED) is 0.901. The minimum Gasteiger partial charge on any atom is -0.377 e. The highest BCUT2D eigenvalue weighted by molar-refractivity contribution is 6.30. The van der Waals surface area contributed by atoms with E-state index in [1.807, 2.05) is 0 Å². The summed E-state index contributed by atoms with van der Waals surface area (Å²) in [5.74, 6) is -0.292. The van der Waals surface area contributed by atoms with Gasteiger partial charge in [0.15, 0.2) is 0 Å². The summed E-state index contributed by atoms with van der Waals surface area (Å²) in [6.07, 6.45) is -0.0624. The molecular weight excluding hydrogens is 283 g/mol. The fourth-order valence-electron chi connectivity index (χ4n) is 2.72. The van der Waals surface area contributed by atoms with Gasteiger partial charge in [0.1, 0.15) is 5.82 Å². The molecule has 0 radical (unpaired) electrons. The summed E-state index contributed by atoms with van der Waals surface area (Å²) in [6.45, 7) is 1.62. The van der Waals surface area contributed by atoms with E-state index in [4.69, 9.17) is 26.8 Å². The smallest absolute Gasteiger partial charge is 0.128 e. The van der Waals surface area contributed by atoms with Gasteiger partial charge in [0.2, 0.25) is 0 Å². The molecule has 0 amide bonds. The average molecular weight is 303 g/mol.